The van der Waals surface area contributed by atoms with Gasteiger partial charge in [0.05, 0.1) is 0 Å². The van der Waals surface area contributed by atoms with E-state index in [1.54, 1.807) is 0 Å². The summed E-state index contributed by atoms with van der Waals surface area (Å²) < 4.78 is 0. The zero-order valence-corrected chi connectivity index (χ0v) is 24.1. The Balaban J connectivity index is 1.73. The van der Waals surface area contributed by atoms with E-state index in [0.29, 0.717) is 23.7 Å². The van der Waals surface area contributed by atoms with E-state index in [1.807, 2.05) is 0 Å². The van der Waals surface area contributed by atoms with Gasteiger partial charge in [0.2, 0.25) is 17.8 Å². The average molecular weight is 489 g/mol. The lowest BCUT2D eigenvalue weighted by atomic mass is 9.76. The number of hydrogen-bond donors (Lipinski definition) is 4. The van der Waals surface area contributed by atoms with E-state index in [9.17, 15) is 0 Å². The number of nitrogens with one attached hydrogen (secondary N) is 4. The van der Waals surface area contributed by atoms with Crippen molar-refractivity contribution in [3.05, 3.63) is 0 Å². The van der Waals surface area contributed by atoms with Crippen molar-refractivity contribution in [2.45, 2.75) is 117 Å². The third-order valence-corrected chi connectivity index (χ3v) is 7.32. The number of anilines is 3. The van der Waals surface area contributed by atoms with Crippen molar-refractivity contribution < 1.29 is 0 Å². The number of piperidine rings is 2. The molecule has 0 atom stereocenters. The quantitative estimate of drug-likeness (QED) is 0.399. The van der Waals surface area contributed by atoms with Crippen LogP contribution in [0.25, 0.3) is 0 Å². The van der Waals surface area contributed by atoms with Gasteiger partial charge >= 0.3 is 0 Å². The van der Waals surface area contributed by atoms with Crippen molar-refractivity contribution in [1.82, 2.24) is 25.6 Å². The minimum atomic E-state index is 0.128. The van der Waals surface area contributed by atoms with Gasteiger partial charge in [-0.05, 0) is 107 Å². The van der Waals surface area contributed by atoms with Gasteiger partial charge in [-0.2, -0.15) is 15.0 Å². The lowest BCUT2D eigenvalue weighted by Crippen LogP contribution is -2.58. The van der Waals surface area contributed by atoms with Crippen LogP contribution in [0.4, 0.5) is 17.8 Å². The van der Waals surface area contributed by atoms with Crippen molar-refractivity contribution in [3.8, 4) is 0 Å². The maximum atomic E-state index is 4.80. The first-order valence-corrected chi connectivity index (χ1v) is 13.7. The van der Waals surface area contributed by atoms with Crippen LogP contribution in [-0.4, -0.2) is 63.3 Å². The molecule has 0 saturated carbocycles. The molecule has 0 amide bonds. The van der Waals surface area contributed by atoms with Gasteiger partial charge < -0.3 is 26.2 Å². The summed E-state index contributed by atoms with van der Waals surface area (Å²) in [6.45, 7) is 26.2. The smallest absolute Gasteiger partial charge is 0.231 e. The molecule has 3 rings (SSSR count). The highest BCUT2D eigenvalue weighted by molar-refractivity contribution is 5.44. The van der Waals surface area contributed by atoms with Gasteiger partial charge in [0, 0.05) is 48.3 Å². The van der Waals surface area contributed by atoms with Crippen LogP contribution in [0.5, 0.6) is 0 Å². The molecule has 1 aromatic rings. The summed E-state index contributed by atoms with van der Waals surface area (Å²) in [5.41, 5.74) is 0.511. The lowest BCUT2D eigenvalue weighted by Gasteiger charge is -2.46. The van der Waals surface area contributed by atoms with Crippen LogP contribution < -0.4 is 26.2 Å². The summed E-state index contributed by atoms with van der Waals surface area (Å²) in [7, 11) is 0. The number of rotatable bonds is 9. The minimum Gasteiger partial charge on any atom is -0.354 e. The first-order chi connectivity index (χ1) is 16.1. The summed E-state index contributed by atoms with van der Waals surface area (Å²) in [5.74, 6) is 3.21. The Morgan fingerprint density at radius 2 is 1.00 bits per heavy atom. The summed E-state index contributed by atoms with van der Waals surface area (Å²) in [5, 5.41) is 14.7. The summed E-state index contributed by atoms with van der Waals surface area (Å²) >= 11 is 0. The molecule has 4 N–H and O–H groups in total. The molecule has 200 valence electrons. The number of hydrogen-bond acceptors (Lipinski definition) is 8. The van der Waals surface area contributed by atoms with Crippen molar-refractivity contribution in [2.24, 2.45) is 11.8 Å². The van der Waals surface area contributed by atoms with E-state index in [2.05, 4.69) is 95.4 Å². The monoisotopic (exact) mass is 488 g/mol. The standard InChI is InChI=1S/C27H52N8/c1-11-35(12-2)23-31-21(28-17-19-13-24(3,4)33-25(5,6)14-19)30-22(32-23)29-18-20-15-26(7,8)34-27(9,10)16-20/h19-20,33-34H,11-18H2,1-10H3,(H2,28,29,30,31,32). The van der Waals surface area contributed by atoms with E-state index in [4.69, 9.17) is 15.0 Å². The first-order valence-electron chi connectivity index (χ1n) is 13.7. The van der Waals surface area contributed by atoms with E-state index < -0.39 is 0 Å². The maximum Gasteiger partial charge on any atom is 0.231 e. The predicted molar refractivity (Wildman–Crippen MR) is 148 cm³/mol. The molecule has 35 heavy (non-hydrogen) atoms. The van der Waals surface area contributed by atoms with Gasteiger partial charge in [-0.25, -0.2) is 0 Å². The van der Waals surface area contributed by atoms with Crippen LogP contribution in [0.3, 0.4) is 0 Å². The largest absolute Gasteiger partial charge is 0.354 e. The molecular weight excluding hydrogens is 436 g/mol. The third-order valence-electron chi connectivity index (χ3n) is 7.32. The zero-order chi connectivity index (χ0) is 26.1. The van der Waals surface area contributed by atoms with Crippen LogP contribution in [0.15, 0.2) is 0 Å². The highest BCUT2D eigenvalue weighted by Crippen LogP contribution is 2.34. The molecule has 3 heterocycles. The minimum absolute atomic E-state index is 0.128. The number of aromatic nitrogens is 3. The Hall–Kier alpha value is -1.67. The highest BCUT2D eigenvalue weighted by atomic mass is 15.3. The topological polar surface area (TPSA) is 90.0 Å². The molecule has 0 unspecified atom stereocenters. The van der Waals surface area contributed by atoms with Gasteiger partial charge in [0.1, 0.15) is 0 Å². The molecule has 0 radical (unpaired) electrons. The maximum absolute atomic E-state index is 4.80. The van der Waals surface area contributed by atoms with Gasteiger partial charge in [0.15, 0.2) is 0 Å². The van der Waals surface area contributed by atoms with Crippen LogP contribution in [-0.2, 0) is 0 Å². The second-order valence-electron chi connectivity index (χ2n) is 13.6. The Bertz CT molecular complexity index is 751. The molecule has 2 fully saturated rings. The second kappa shape index (κ2) is 10.4. The SMILES string of the molecule is CCN(CC)c1nc(NCC2CC(C)(C)NC(C)(C)C2)nc(NCC2CC(C)(C)NC(C)(C)C2)n1. The highest BCUT2D eigenvalue weighted by Gasteiger charge is 2.38. The van der Waals surface area contributed by atoms with Crippen LogP contribution >= 0.6 is 0 Å². The molecule has 0 spiro atoms. The molecule has 2 aliphatic heterocycles. The Morgan fingerprint density at radius 3 is 1.31 bits per heavy atom. The fourth-order valence-electron chi connectivity index (χ4n) is 7.00. The fourth-order valence-corrected chi connectivity index (χ4v) is 7.00. The molecule has 0 aliphatic carbocycles. The Morgan fingerprint density at radius 1 is 0.657 bits per heavy atom. The lowest BCUT2D eigenvalue weighted by molar-refractivity contribution is 0.134. The fraction of sp³-hybridized carbons (Fsp3) is 0.889. The first kappa shape index (κ1) is 27.9. The molecule has 1 aromatic heterocycles. The van der Waals surface area contributed by atoms with Crippen molar-refractivity contribution >= 4 is 17.8 Å². The molecule has 8 heteroatoms. The number of nitrogens with zero attached hydrogens (tertiary/aromatic N) is 4. The van der Waals surface area contributed by atoms with E-state index in [0.717, 1.165) is 57.8 Å². The van der Waals surface area contributed by atoms with E-state index in [1.165, 1.54) is 0 Å². The van der Waals surface area contributed by atoms with Gasteiger partial charge in [-0.1, -0.05) is 0 Å². The van der Waals surface area contributed by atoms with E-state index in [-0.39, 0.29) is 22.2 Å². The average Bonchev–Trinajstić information content (AvgIpc) is 2.67. The molecule has 8 nitrogen and oxygen atoms in total. The van der Waals surface area contributed by atoms with Crippen molar-refractivity contribution in [1.29, 1.82) is 0 Å². The Labute approximate surface area is 214 Å². The normalized spacial score (nSPS) is 23.6. The zero-order valence-electron chi connectivity index (χ0n) is 24.1. The van der Waals surface area contributed by atoms with Gasteiger partial charge in [-0.3, -0.25) is 0 Å². The third kappa shape index (κ3) is 8.17. The van der Waals surface area contributed by atoms with Gasteiger partial charge in [0.25, 0.3) is 0 Å². The summed E-state index contributed by atoms with van der Waals surface area (Å²) in [4.78, 5) is 16.6. The van der Waals surface area contributed by atoms with E-state index >= 15 is 0 Å². The van der Waals surface area contributed by atoms with Crippen LogP contribution in [0.2, 0.25) is 0 Å². The Kier molecular flexibility index (Phi) is 8.27. The predicted octanol–water partition coefficient (Wildman–Crippen LogP) is 4.66. The summed E-state index contributed by atoms with van der Waals surface area (Å²) in [6, 6.07) is 0. The second-order valence-corrected chi connectivity index (χ2v) is 13.6. The van der Waals surface area contributed by atoms with Crippen molar-refractivity contribution in [3.63, 3.8) is 0 Å². The van der Waals surface area contributed by atoms with Crippen molar-refractivity contribution in [2.75, 3.05) is 41.7 Å². The van der Waals surface area contributed by atoms with Crippen LogP contribution in [0, 0.1) is 11.8 Å². The molecule has 2 saturated heterocycles. The molecular formula is C27H52N8. The molecule has 0 aromatic carbocycles. The molecule has 2 aliphatic rings. The summed E-state index contributed by atoms with van der Waals surface area (Å²) in [6.07, 6.45) is 4.52. The van der Waals surface area contributed by atoms with Crippen LogP contribution in [0.1, 0.15) is 94.9 Å². The molecule has 0 bridgehead atoms. The van der Waals surface area contributed by atoms with Gasteiger partial charge in [-0.15, -0.1) is 0 Å².